The van der Waals surface area contributed by atoms with Crippen LogP contribution in [0.5, 0.6) is 11.5 Å². The molecule has 0 radical (unpaired) electrons. The van der Waals surface area contributed by atoms with Crippen molar-refractivity contribution in [1.29, 1.82) is 0 Å². The van der Waals surface area contributed by atoms with E-state index in [0.29, 0.717) is 23.7 Å². The average molecular weight is 507 g/mol. The van der Waals surface area contributed by atoms with Gasteiger partial charge in [0, 0.05) is 24.8 Å². The first-order chi connectivity index (χ1) is 18.6. The number of nitrogens with zero attached hydrogens (tertiary/aromatic N) is 2. The molecule has 5 rings (SSSR count). The molecule has 6 atom stereocenters. The highest BCUT2D eigenvalue weighted by Gasteiger charge is 2.52. The zero-order chi connectivity index (χ0) is 26.5. The molecular weight excluding hydrogens is 468 g/mol. The third-order valence-corrected chi connectivity index (χ3v) is 8.08. The Labute approximate surface area is 227 Å². The van der Waals surface area contributed by atoms with E-state index in [0.717, 1.165) is 24.3 Å². The van der Waals surface area contributed by atoms with Gasteiger partial charge in [-0.25, -0.2) is 0 Å². The number of pyridine rings is 2. The second kappa shape index (κ2) is 11.8. The maximum atomic E-state index is 6.09. The molecule has 1 saturated carbocycles. The Kier molecular flexibility index (Phi) is 8.07. The summed E-state index contributed by atoms with van der Waals surface area (Å²) >= 11 is 0. The molecule has 196 valence electrons. The van der Waals surface area contributed by atoms with E-state index >= 15 is 0 Å². The van der Waals surface area contributed by atoms with Crippen molar-refractivity contribution in [3.05, 3.63) is 120 Å². The highest BCUT2D eigenvalue weighted by atomic mass is 16.5. The van der Waals surface area contributed by atoms with Crippen molar-refractivity contribution in [1.82, 2.24) is 9.97 Å². The van der Waals surface area contributed by atoms with Gasteiger partial charge in [-0.2, -0.15) is 0 Å². The molecule has 0 spiro atoms. The summed E-state index contributed by atoms with van der Waals surface area (Å²) in [6.07, 6.45) is 10.0. The lowest BCUT2D eigenvalue weighted by Gasteiger charge is -2.53. The van der Waals surface area contributed by atoms with Crippen LogP contribution < -0.4 is 9.47 Å². The quantitative estimate of drug-likeness (QED) is 0.217. The second-order valence-electron chi connectivity index (χ2n) is 10.5. The van der Waals surface area contributed by atoms with Gasteiger partial charge in [0.15, 0.2) is 0 Å². The monoisotopic (exact) mass is 506 g/mol. The first-order valence-corrected chi connectivity index (χ1v) is 13.9. The summed E-state index contributed by atoms with van der Waals surface area (Å²) < 4.78 is 12.2. The van der Waals surface area contributed by atoms with Gasteiger partial charge in [-0.1, -0.05) is 38.1 Å². The lowest BCUT2D eigenvalue weighted by Crippen LogP contribution is -2.40. The molecule has 1 aliphatic carbocycles. The van der Waals surface area contributed by atoms with E-state index in [1.807, 2.05) is 24.8 Å². The predicted molar refractivity (Wildman–Crippen MR) is 153 cm³/mol. The summed E-state index contributed by atoms with van der Waals surface area (Å²) in [6, 6.07) is 26.2. The van der Waals surface area contributed by atoms with Crippen LogP contribution in [0.15, 0.2) is 97.6 Å². The van der Waals surface area contributed by atoms with Gasteiger partial charge in [0.05, 0.1) is 12.2 Å². The molecule has 2 heterocycles. The second-order valence-corrected chi connectivity index (χ2v) is 10.5. The maximum absolute atomic E-state index is 6.09. The third kappa shape index (κ3) is 5.45. The molecule has 4 heteroatoms. The van der Waals surface area contributed by atoms with Gasteiger partial charge in [0.1, 0.15) is 11.5 Å². The molecular formula is C34H38N2O2. The van der Waals surface area contributed by atoms with E-state index in [4.69, 9.17) is 9.47 Å². The zero-order valence-corrected chi connectivity index (χ0v) is 22.8. The molecule has 2 aromatic carbocycles. The van der Waals surface area contributed by atoms with Gasteiger partial charge in [-0.3, -0.25) is 9.97 Å². The van der Waals surface area contributed by atoms with E-state index in [9.17, 15) is 0 Å². The fourth-order valence-electron chi connectivity index (χ4n) is 5.75. The van der Waals surface area contributed by atoms with Crippen molar-refractivity contribution >= 4 is 0 Å². The van der Waals surface area contributed by atoms with Gasteiger partial charge in [-0.15, -0.1) is 0 Å². The van der Waals surface area contributed by atoms with Gasteiger partial charge < -0.3 is 9.47 Å². The maximum Gasteiger partial charge on any atom is 0.119 e. The Balaban J connectivity index is 1.55. The van der Waals surface area contributed by atoms with Crippen molar-refractivity contribution in [2.75, 3.05) is 0 Å². The number of hydrogen-bond donors (Lipinski definition) is 0. The van der Waals surface area contributed by atoms with E-state index in [1.165, 1.54) is 22.3 Å². The molecule has 0 saturated heterocycles. The Morgan fingerprint density at radius 2 is 0.789 bits per heavy atom. The van der Waals surface area contributed by atoms with Gasteiger partial charge in [-0.05, 0) is 121 Å². The molecule has 4 nitrogen and oxygen atoms in total. The minimum Gasteiger partial charge on any atom is -0.491 e. The lowest BCUT2D eigenvalue weighted by atomic mass is 9.49. The molecule has 2 aromatic heterocycles. The van der Waals surface area contributed by atoms with Gasteiger partial charge in [0.25, 0.3) is 0 Å². The summed E-state index contributed by atoms with van der Waals surface area (Å²) in [5, 5.41) is 0. The van der Waals surface area contributed by atoms with Crippen LogP contribution in [0.25, 0.3) is 0 Å². The van der Waals surface area contributed by atoms with E-state index < -0.39 is 0 Å². The standard InChI is InChI=1S/C34H38N2O2/c1-5-23(3)37-29-11-7-25(8-12-29)31-32(26-9-13-30(14-10-26)38-24(4)6-2)34(28-17-21-36-22-18-28)33(31)27-15-19-35-20-16-27/h7-24,31-34H,5-6H2,1-4H3/t23-,24-,31-,32-,33-,34-/m0/s1. The summed E-state index contributed by atoms with van der Waals surface area (Å²) in [4.78, 5) is 8.61. The first kappa shape index (κ1) is 26.0. The Bertz CT molecular complexity index is 1170. The van der Waals surface area contributed by atoms with Crippen LogP contribution in [0.2, 0.25) is 0 Å². The van der Waals surface area contributed by atoms with Crippen molar-refractivity contribution in [2.24, 2.45) is 0 Å². The number of ether oxygens (including phenoxy) is 2. The highest BCUT2D eigenvalue weighted by molar-refractivity contribution is 5.49. The highest BCUT2D eigenvalue weighted by Crippen LogP contribution is 2.66. The average Bonchev–Trinajstić information content (AvgIpc) is 2.95. The summed E-state index contributed by atoms with van der Waals surface area (Å²) in [5.41, 5.74) is 5.30. The molecule has 1 fully saturated rings. The van der Waals surface area contributed by atoms with Gasteiger partial charge >= 0.3 is 0 Å². The predicted octanol–water partition coefficient (Wildman–Crippen LogP) is 8.28. The summed E-state index contributed by atoms with van der Waals surface area (Å²) in [5.74, 6) is 3.13. The molecule has 4 aromatic rings. The van der Waals surface area contributed by atoms with Crippen LogP contribution in [-0.2, 0) is 0 Å². The largest absolute Gasteiger partial charge is 0.491 e. The van der Waals surface area contributed by atoms with Crippen molar-refractivity contribution in [3.63, 3.8) is 0 Å². The molecule has 1 aliphatic rings. The summed E-state index contributed by atoms with van der Waals surface area (Å²) in [7, 11) is 0. The molecule has 0 bridgehead atoms. The van der Waals surface area contributed by atoms with E-state index in [-0.39, 0.29) is 12.2 Å². The van der Waals surface area contributed by atoms with Crippen molar-refractivity contribution in [3.8, 4) is 11.5 Å². The molecule has 0 unspecified atom stereocenters. The van der Waals surface area contributed by atoms with Crippen LogP contribution in [-0.4, -0.2) is 22.2 Å². The van der Waals surface area contributed by atoms with Crippen LogP contribution in [0, 0.1) is 0 Å². The third-order valence-electron chi connectivity index (χ3n) is 8.08. The van der Waals surface area contributed by atoms with Gasteiger partial charge in [0.2, 0.25) is 0 Å². The number of benzene rings is 2. The van der Waals surface area contributed by atoms with E-state index in [1.54, 1.807) is 0 Å². The number of rotatable bonds is 10. The number of hydrogen-bond acceptors (Lipinski definition) is 4. The Hall–Kier alpha value is -3.66. The minimum atomic E-state index is 0.203. The smallest absolute Gasteiger partial charge is 0.119 e. The van der Waals surface area contributed by atoms with Crippen LogP contribution in [0.1, 0.15) is 86.5 Å². The van der Waals surface area contributed by atoms with E-state index in [2.05, 4.69) is 110 Å². The topological polar surface area (TPSA) is 44.2 Å². The van der Waals surface area contributed by atoms with Crippen molar-refractivity contribution in [2.45, 2.75) is 76.4 Å². The fourth-order valence-corrected chi connectivity index (χ4v) is 5.75. The van der Waals surface area contributed by atoms with Crippen LogP contribution in [0.3, 0.4) is 0 Å². The van der Waals surface area contributed by atoms with Crippen LogP contribution >= 0.6 is 0 Å². The minimum absolute atomic E-state index is 0.203. The lowest BCUT2D eigenvalue weighted by molar-refractivity contribution is 0.214. The fraction of sp³-hybridized carbons (Fsp3) is 0.353. The first-order valence-electron chi connectivity index (χ1n) is 13.9. The zero-order valence-electron chi connectivity index (χ0n) is 22.8. The Morgan fingerprint density at radius 3 is 1.08 bits per heavy atom. The molecule has 0 aliphatic heterocycles. The molecule has 0 amide bonds. The number of aromatic nitrogens is 2. The van der Waals surface area contributed by atoms with Crippen molar-refractivity contribution < 1.29 is 9.47 Å². The summed E-state index contributed by atoms with van der Waals surface area (Å²) in [6.45, 7) is 8.53. The van der Waals surface area contributed by atoms with Crippen LogP contribution in [0.4, 0.5) is 0 Å². The Morgan fingerprint density at radius 1 is 0.500 bits per heavy atom. The SMILES string of the molecule is CC[C@H](C)Oc1ccc([C@@H]2[C@H](c3ccncc3)[C@@H](c3ccncc3)[C@H]2c2ccc(O[C@@H](C)CC)cc2)cc1. The normalized spacial score (nSPS) is 22.2. The molecule has 38 heavy (non-hydrogen) atoms. The molecule has 0 N–H and O–H groups in total.